The molecule has 164 valence electrons. The van der Waals surface area contributed by atoms with Gasteiger partial charge in [0.05, 0.1) is 11.5 Å². The van der Waals surface area contributed by atoms with Crippen LogP contribution in [0.2, 0.25) is 0 Å². The summed E-state index contributed by atoms with van der Waals surface area (Å²) in [6, 6.07) is 15.4. The first-order chi connectivity index (χ1) is 14.4. The van der Waals surface area contributed by atoms with Gasteiger partial charge in [-0.05, 0) is 36.1 Å². The Morgan fingerprint density at radius 3 is 2.53 bits per heavy atom. The normalized spacial score (nSPS) is 13.1. The van der Waals surface area contributed by atoms with E-state index in [4.69, 9.17) is 4.74 Å². The molecule has 0 aliphatic carbocycles. The molecule has 1 atom stereocenters. The predicted molar refractivity (Wildman–Crippen MR) is 121 cm³/mol. The van der Waals surface area contributed by atoms with Crippen molar-refractivity contribution in [3.63, 3.8) is 0 Å². The summed E-state index contributed by atoms with van der Waals surface area (Å²) in [7, 11) is -0.312. The van der Waals surface area contributed by atoms with E-state index in [2.05, 4.69) is 58.5 Å². The van der Waals surface area contributed by atoms with Crippen LogP contribution in [0.3, 0.4) is 0 Å². The van der Waals surface area contributed by atoms with Crippen LogP contribution in [-0.2, 0) is 21.3 Å². The molecule has 0 bridgehead atoms. The molecule has 0 aliphatic rings. The zero-order valence-corrected chi connectivity index (χ0v) is 18.9. The lowest BCUT2D eigenvalue weighted by atomic mass is 10.0. The molecule has 0 amide bonds. The summed E-state index contributed by atoms with van der Waals surface area (Å²) in [5.74, 6) is 0.997. The summed E-state index contributed by atoms with van der Waals surface area (Å²) in [6.07, 6.45) is 0. The number of hydrogen-bond donors (Lipinski definition) is 3. The fraction of sp³-hybridized carbons (Fsp3) is 0.409. The quantitative estimate of drug-likeness (QED) is 0.305. The Hall–Kier alpha value is -2.42. The Morgan fingerprint density at radius 1 is 1.13 bits per heavy atom. The Balaban J connectivity index is 1.91. The minimum Gasteiger partial charge on any atom is -0.383 e. The van der Waals surface area contributed by atoms with E-state index in [9.17, 15) is 8.42 Å². The van der Waals surface area contributed by atoms with E-state index in [1.54, 1.807) is 25.2 Å². The molecule has 0 aromatic heterocycles. The van der Waals surface area contributed by atoms with Gasteiger partial charge in [-0.1, -0.05) is 48.9 Å². The molecule has 30 heavy (non-hydrogen) atoms. The van der Waals surface area contributed by atoms with E-state index in [1.807, 2.05) is 6.07 Å². The zero-order valence-electron chi connectivity index (χ0n) is 18.1. The van der Waals surface area contributed by atoms with Crippen LogP contribution in [0.4, 0.5) is 0 Å². The number of rotatable bonds is 10. The van der Waals surface area contributed by atoms with Crippen molar-refractivity contribution in [2.75, 3.05) is 33.9 Å². The van der Waals surface area contributed by atoms with Crippen molar-refractivity contribution in [1.82, 2.24) is 15.4 Å². The first-order valence-electron chi connectivity index (χ1n) is 9.94. The second-order valence-corrected chi connectivity index (χ2v) is 8.92. The smallest absolute Gasteiger partial charge is 0.240 e. The number of methoxy groups -OCH3 is 1. The van der Waals surface area contributed by atoms with Crippen LogP contribution in [0.25, 0.3) is 0 Å². The molecule has 0 saturated heterocycles. The summed E-state index contributed by atoms with van der Waals surface area (Å²) < 4.78 is 32.1. The van der Waals surface area contributed by atoms with Gasteiger partial charge in [0, 0.05) is 33.8 Å². The fourth-order valence-electron chi connectivity index (χ4n) is 2.85. The molecule has 1 unspecified atom stereocenters. The van der Waals surface area contributed by atoms with Crippen molar-refractivity contribution in [3.05, 3.63) is 65.2 Å². The average molecular weight is 433 g/mol. The van der Waals surface area contributed by atoms with E-state index in [0.29, 0.717) is 25.0 Å². The zero-order chi connectivity index (χ0) is 22.0. The molecule has 8 heteroatoms. The van der Waals surface area contributed by atoms with E-state index >= 15 is 0 Å². The summed E-state index contributed by atoms with van der Waals surface area (Å²) in [6.45, 7) is 5.99. The molecule has 0 radical (unpaired) electrons. The van der Waals surface area contributed by atoms with E-state index in [1.165, 1.54) is 18.2 Å². The first kappa shape index (κ1) is 23.9. The summed E-state index contributed by atoms with van der Waals surface area (Å²) in [5, 5.41) is 6.56. The maximum atomic E-state index is 12.4. The Morgan fingerprint density at radius 2 is 1.87 bits per heavy atom. The van der Waals surface area contributed by atoms with Crippen LogP contribution in [-0.4, -0.2) is 48.2 Å². The highest BCUT2D eigenvalue weighted by Gasteiger charge is 2.14. The van der Waals surface area contributed by atoms with Crippen LogP contribution in [0.15, 0.2) is 58.4 Å². The van der Waals surface area contributed by atoms with E-state index in [-0.39, 0.29) is 11.4 Å². The monoisotopic (exact) mass is 432 g/mol. The standard InChI is InChI=1S/C22H32N4O3S/c1-17-8-10-20(11-9-17)18(2)15-24-22(23-3)25-16-19-6-5-7-21(14-19)30(27,28)26-12-13-29-4/h5-11,14,18,26H,12-13,15-16H2,1-4H3,(H2,23,24,25). The average Bonchev–Trinajstić information content (AvgIpc) is 2.74. The second kappa shape index (κ2) is 11.7. The maximum absolute atomic E-state index is 12.4. The summed E-state index contributed by atoms with van der Waals surface area (Å²) >= 11 is 0. The molecule has 7 nitrogen and oxygen atoms in total. The van der Waals surface area contributed by atoms with Gasteiger partial charge in [-0.3, -0.25) is 4.99 Å². The minimum absolute atomic E-state index is 0.230. The van der Waals surface area contributed by atoms with Crippen LogP contribution in [0, 0.1) is 6.92 Å². The van der Waals surface area contributed by atoms with Gasteiger partial charge >= 0.3 is 0 Å². The summed E-state index contributed by atoms with van der Waals surface area (Å²) in [4.78, 5) is 4.48. The number of nitrogens with zero attached hydrogens (tertiary/aromatic N) is 1. The fourth-order valence-corrected chi connectivity index (χ4v) is 3.94. The molecule has 2 aromatic carbocycles. The highest BCUT2D eigenvalue weighted by Crippen LogP contribution is 2.15. The predicted octanol–water partition coefficient (Wildman–Crippen LogP) is 2.39. The van der Waals surface area contributed by atoms with Gasteiger partial charge in [0.2, 0.25) is 10.0 Å². The Bertz CT molecular complexity index is 928. The number of hydrogen-bond acceptors (Lipinski definition) is 4. The Labute approximate surface area is 180 Å². The lowest BCUT2D eigenvalue weighted by Gasteiger charge is -2.17. The largest absolute Gasteiger partial charge is 0.383 e. The molecule has 2 aromatic rings. The number of guanidine groups is 1. The maximum Gasteiger partial charge on any atom is 0.240 e. The van der Waals surface area contributed by atoms with Gasteiger partial charge < -0.3 is 15.4 Å². The number of ether oxygens (including phenoxy) is 1. The van der Waals surface area contributed by atoms with E-state index < -0.39 is 10.0 Å². The highest BCUT2D eigenvalue weighted by atomic mass is 32.2. The molecule has 0 saturated carbocycles. The topological polar surface area (TPSA) is 91.8 Å². The third kappa shape index (κ3) is 7.44. The van der Waals surface area contributed by atoms with Gasteiger partial charge in [-0.15, -0.1) is 0 Å². The molecule has 2 rings (SSSR count). The van der Waals surface area contributed by atoms with Crippen molar-refractivity contribution >= 4 is 16.0 Å². The Kier molecular flexibility index (Phi) is 9.29. The lowest BCUT2D eigenvalue weighted by molar-refractivity contribution is 0.204. The van der Waals surface area contributed by atoms with Crippen LogP contribution in [0.1, 0.15) is 29.5 Å². The molecule has 0 heterocycles. The molecule has 0 spiro atoms. The van der Waals surface area contributed by atoms with Crippen molar-refractivity contribution in [3.8, 4) is 0 Å². The summed E-state index contributed by atoms with van der Waals surface area (Å²) in [5.41, 5.74) is 3.36. The second-order valence-electron chi connectivity index (χ2n) is 7.16. The number of aryl methyl sites for hydroxylation is 1. The lowest BCUT2D eigenvalue weighted by Crippen LogP contribution is -2.38. The van der Waals surface area contributed by atoms with Gasteiger partial charge in [-0.25, -0.2) is 13.1 Å². The molecular formula is C22H32N4O3S. The third-order valence-corrected chi connectivity index (χ3v) is 6.17. The number of benzene rings is 2. The SMILES string of the molecule is CN=C(NCc1cccc(S(=O)(=O)NCCOC)c1)NCC(C)c1ccc(C)cc1. The third-order valence-electron chi connectivity index (χ3n) is 4.71. The molecule has 3 N–H and O–H groups in total. The molecule has 0 aliphatic heterocycles. The number of nitrogens with one attached hydrogen (secondary N) is 3. The molecule has 0 fully saturated rings. The number of aliphatic imine (C=N–C) groups is 1. The molecular weight excluding hydrogens is 400 g/mol. The van der Waals surface area contributed by atoms with Crippen molar-refractivity contribution in [2.45, 2.75) is 31.2 Å². The van der Waals surface area contributed by atoms with Crippen LogP contribution < -0.4 is 15.4 Å². The van der Waals surface area contributed by atoms with E-state index in [0.717, 1.165) is 12.1 Å². The highest BCUT2D eigenvalue weighted by molar-refractivity contribution is 7.89. The number of sulfonamides is 1. The van der Waals surface area contributed by atoms with Gasteiger partial charge in [0.15, 0.2) is 5.96 Å². The van der Waals surface area contributed by atoms with Crippen molar-refractivity contribution in [2.24, 2.45) is 4.99 Å². The van der Waals surface area contributed by atoms with Gasteiger partial charge in [-0.2, -0.15) is 0 Å². The van der Waals surface area contributed by atoms with Crippen LogP contribution >= 0.6 is 0 Å². The van der Waals surface area contributed by atoms with Crippen molar-refractivity contribution < 1.29 is 13.2 Å². The van der Waals surface area contributed by atoms with Crippen LogP contribution in [0.5, 0.6) is 0 Å². The van der Waals surface area contributed by atoms with Gasteiger partial charge in [0.1, 0.15) is 0 Å². The minimum atomic E-state index is -3.56. The first-order valence-corrected chi connectivity index (χ1v) is 11.4. The van der Waals surface area contributed by atoms with Crippen molar-refractivity contribution in [1.29, 1.82) is 0 Å². The van der Waals surface area contributed by atoms with Gasteiger partial charge in [0.25, 0.3) is 0 Å².